The van der Waals surface area contributed by atoms with Crippen molar-refractivity contribution in [2.75, 3.05) is 24.2 Å². The Morgan fingerprint density at radius 1 is 0.919 bits per heavy atom. The van der Waals surface area contributed by atoms with Crippen LogP contribution in [-0.4, -0.2) is 51.0 Å². The molecule has 37 heavy (non-hydrogen) atoms. The van der Waals surface area contributed by atoms with Gasteiger partial charge in [-0.05, 0) is 30.2 Å². The average Bonchev–Trinajstić information content (AvgIpc) is 2.86. The number of hydrogen-bond acceptors (Lipinski definition) is 4. The van der Waals surface area contributed by atoms with Crippen LogP contribution in [0.15, 0.2) is 72.8 Å². The summed E-state index contributed by atoms with van der Waals surface area (Å²) in [5, 5.41) is 2.59. The Morgan fingerprint density at radius 2 is 1.59 bits per heavy atom. The predicted octanol–water partition coefficient (Wildman–Crippen LogP) is 3.43. The van der Waals surface area contributed by atoms with E-state index in [1.807, 2.05) is 55.5 Å². The smallest absolute Gasteiger partial charge is 0.244 e. The zero-order valence-corrected chi connectivity index (χ0v) is 21.6. The normalized spacial score (nSPS) is 12.0. The number of halogens is 2. The minimum atomic E-state index is -4.07. The minimum absolute atomic E-state index is 0.0286. The van der Waals surface area contributed by atoms with E-state index in [-0.39, 0.29) is 18.7 Å². The Bertz CT molecular complexity index is 1370. The lowest BCUT2D eigenvalue weighted by molar-refractivity contribution is -0.139. The highest BCUT2D eigenvalue weighted by Crippen LogP contribution is 2.22. The summed E-state index contributed by atoms with van der Waals surface area (Å²) in [7, 11) is -2.61. The number of likely N-dealkylation sites (N-methyl/N-ethyl adjacent to an activating group) is 1. The standard InChI is InChI=1S/C27H29F2N3O4S/c1-19-8-7-11-21(14-19)17-31(25(27(34)30-2)15-20-9-5-4-6-10-20)26(33)18-32(37(3,35)36)22-12-13-23(28)24(29)16-22/h4-14,16,25H,15,17-18H2,1-3H3,(H,30,34)/t25-/m1/s1. The topological polar surface area (TPSA) is 86.8 Å². The predicted molar refractivity (Wildman–Crippen MR) is 138 cm³/mol. The van der Waals surface area contributed by atoms with Crippen molar-refractivity contribution in [2.24, 2.45) is 0 Å². The fourth-order valence-electron chi connectivity index (χ4n) is 3.98. The van der Waals surface area contributed by atoms with Gasteiger partial charge in [-0.2, -0.15) is 0 Å². The zero-order chi connectivity index (χ0) is 27.2. The van der Waals surface area contributed by atoms with Crippen LogP contribution in [0.3, 0.4) is 0 Å². The number of sulfonamides is 1. The lowest BCUT2D eigenvalue weighted by Gasteiger charge is -2.33. The number of aryl methyl sites for hydroxylation is 1. The van der Waals surface area contributed by atoms with Crippen LogP contribution in [-0.2, 0) is 32.6 Å². The third-order valence-corrected chi connectivity index (χ3v) is 6.96. The number of anilines is 1. The molecule has 0 spiro atoms. The number of hydrogen-bond donors (Lipinski definition) is 1. The number of benzene rings is 3. The van der Waals surface area contributed by atoms with Gasteiger partial charge in [-0.15, -0.1) is 0 Å². The van der Waals surface area contributed by atoms with E-state index >= 15 is 0 Å². The minimum Gasteiger partial charge on any atom is -0.357 e. The van der Waals surface area contributed by atoms with Crippen molar-refractivity contribution in [3.8, 4) is 0 Å². The molecule has 0 saturated heterocycles. The molecular formula is C27H29F2N3O4S. The van der Waals surface area contributed by atoms with Crippen molar-refractivity contribution < 1.29 is 26.8 Å². The van der Waals surface area contributed by atoms with E-state index in [9.17, 15) is 26.8 Å². The molecule has 1 atom stereocenters. The number of amides is 2. The van der Waals surface area contributed by atoms with E-state index in [2.05, 4.69) is 5.32 Å². The highest BCUT2D eigenvalue weighted by molar-refractivity contribution is 7.92. The molecule has 0 bridgehead atoms. The van der Waals surface area contributed by atoms with Crippen LogP contribution in [0.25, 0.3) is 0 Å². The van der Waals surface area contributed by atoms with Crippen LogP contribution in [0.2, 0.25) is 0 Å². The van der Waals surface area contributed by atoms with Gasteiger partial charge >= 0.3 is 0 Å². The summed E-state index contributed by atoms with van der Waals surface area (Å²) in [5.41, 5.74) is 2.29. The van der Waals surface area contributed by atoms with Crippen molar-refractivity contribution >= 4 is 27.5 Å². The first kappa shape index (κ1) is 27.8. The van der Waals surface area contributed by atoms with E-state index < -0.39 is 46.1 Å². The first-order valence-corrected chi connectivity index (χ1v) is 13.4. The second-order valence-corrected chi connectivity index (χ2v) is 10.6. The van der Waals surface area contributed by atoms with E-state index in [1.165, 1.54) is 11.9 Å². The first-order valence-electron chi connectivity index (χ1n) is 11.5. The van der Waals surface area contributed by atoms with Gasteiger partial charge in [-0.1, -0.05) is 60.2 Å². The van der Waals surface area contributed by atoms with E-state index in [1.54, 1.807) is 6.07 Å². The highest BCUT2D eigenvalue weighted by Gasteiger charge is 2.32. The third-order valence-electron chi connectivity index (χ3n) is 5.82. The summed E-state index contributed by atoms with van der Waals surface area (Å²) in [6.07, 6.45) is 1.05. The van der Waals surface area contributed by atoms with Crippen molar-refractivity contribution in [3.05, 3.63) is 101 Å². The van der Waals surface area contributed by atoms with Gasteiger partial charge in [0.1, 0.15) is 12.6 Å². The van der Waals surface area contributed by atoms with Gasteiger partial charge in [0.2, 0.25) is 21.8 Å². The molecule has 0 saturated carbocycles. The number of carbonyl (C=O) groups excluding carboxylic acids is 2. The van der Waals surface area contributed by atoms with Crippen LogP contribution in [0, 0.1) is 18.6 Å². The van der Waals surface area contributed by atoms with Gasteiger partial charge in [0.05, 0.1) is 11.9 Å². The molecule has 0 radical (unpaired) electrons. The molecule has 0 unspecified atom stereocenters. The second kappa shape index (κ2) is 12.0. The van der Waals surface area contributed by atoms with Gasteiger partial charge in [0.25, 0.3) is 0 Å². The second-order valence-electron chi connectivity index (χ2n) is 8.70. The molecule has 0 fully saturated rings. The molecule has 0 aliphatic carbocycles. The van der Waals surface area contributed by atoms with Crippen LogP contribution in [0.4, 0.5) is 14.5 Å². The SMILES string of the molecule is CNC(=O)[C@@H](Cc1ccccc1)N(Cc1cccc(C)c1)C(=O)CN(c1ccc(F)c(F)c1)S(C)(=O)=O. The molecule has 196 valence electrons. The summed E-state index contributed by atoms with van der Waals surface area (Å²) >= 11 is 0. The van der Waals surface area contributed by atoms with Gasteiger partial charge in [0, 0.05) is 26.1 Å². The molecule has 1 N–H and O–H groups in total. The molecule has 3 aromatic rings. The summed E-state index contributed by atoms with van der Waals surface area (Å²) in [6.45, 7) is 1.21. The fourth-order valence-corrected chi connectivity index (χ4v) is 4.82. The van der Waals surface area contributed by atoms with Gasteiger partial charge in [-0.3, -0.25) is 13.9 Å². The number of nitrogens with zero attached hydrogens (tertiary/aromatic N) is 2. The summed E-state index contributed by atoms with van der Waals surface area (Å²) in [5.74, 6) is -3.50. The Morgan fingerprint density at radius 3 is 2.19 bits per heavy atom. The van der Waals surface area contributed by atoms with E-state index in [4.69, 9.17) is 0 Å². The molecule has 0 aromatic heterocycles. The molecule has 0 aliphatic heterocycles. The van der Waals surface area contributed by atoms with Crippen LogP contribution >= 0.6 is 0 Å². The summed E-state index contributed by atoms with van der Waals surface area (Å²) < 4.78 is 53.3. The lowest BCUT2D eigenvalue weighted by Crippen LogP contribution is -2.52. The highest BCUT2D eigenvalue weighted by atomic mass is 32.2. The van der Waals surface area contributed by atoms with E-state index in [0.717, 1.165) is 41.1 Å². The Hall–Kier alpha value is -3.79. The Kier molecular flexibility index (Phi) is 8.99. The Labute approximate surface area is 215 Å². The largest absolute Gasteiger partial charge is 0.357 e. The monoisotopic (exact) mass is 529 g/mol. The van der Waals surface area contributed by atoms with Crippen molar-refractivity contribution in [1.29, 1.82) is 0 Å². The maximum atomic E-state index is 13.9. The number of nitrogens with one attached hydrogen (secondary N) is 1. The maximum Gasteiger partial charge on any atom is 0.244 e. The van der Waals surface area contributed by atoms with Crippen LogP contribution < -0.4 is 9.62 Å². The third kappa shape index (κ3) is 7.36. The van der Waals surface area contributed by atoms with Crippen molar-refractivity contribution in [3.63, 3.8) is 0 Å². The molecular weight excluding hydrogens is 500 g/mol. The van der Waals surface area contributed by atoms with E-state index in [0.29, 0.717) is 4.31 Å². The lowest BCUT2D eigenvalue weighted by atomic mass is 10.0. The molecule has 10 heteroatoms. The Balaban J connectivity index is 2.04. The summed E-state index contributed by atoms with van der Waals surface area (Å²) in [4.78, 5) is 28.1. The summed E-state index contributed by atoms with van der Waals surface area (Å²) in [6, 6.07) is 18.1. The van der Waals surface area contributed by atoms with Crippen LogP contribution in [0.1, 0.15) is 16.7 Å². The van der Waals surface area contributed by atoms with Crippen LogP contribution in [0.5, 0.6) is 0 Å². The molecule has 7 nitrogen and oxygen atoms in total. The van der Waals surface area contributed by atoms with Crippen molar-refractivity contribution in [1.82, 2.24) is 10.2 Å². The number of rotatable bonds is 10. The molecule has 3 aromatic carbocycles. The molecule has 0 aliphatic rings. The van der Waals surface area contributed by atoms with Crippen molar-refractivity contribution in [2.45, 2.75) is 25.9 Å². The zero-order valence-electron chi connectivity index (χ0n) is 20.8. The average molecular weight is 530 g/mol. The van der Waals surface area contributed by atoms with Gasteiger partial charge in [0.15, 0.2) is 11.6 Å². The van der Waals surface area contributed by atoms with Gasteiger partial charge < -0.3 is 10.2 Å². The molecule has 2 amide bonds. The number of carbonyl (C=O) groups is 2. The molecule has 0 heterocycles. The fraction of sp³-hybridized carbons (Fsp3) is 0.259. The quantitative estimate of drug-likeness (QED) is 0.436. The first-order chi connectivity index (χ1) is 17.5. The van der Waals surface area contributed by atoms with Gasteiger partial charge in [-0.25, -0.2) is 17.2 Å². The maximum absolute atomic E-state index is 13.9. The molecule has 3 rings (SSSR count).